The van der Waals surface area contributed by atoms with Gasteiger partial charge in [-0.15, -0.1) is 0 Å². The van der Waals surface area contributed by atoms with Crippen molar-refractivity contribution in [3.05, 3.63) is 76.4 Å². The molecule has 0 unspecified atom stereocenters. The third-order valence-corrected chi connectivity index (χ3v) is 3.37. The van der Waals surface area contributed by atoms with Gasteiger partial charge in [0.15, 0.2) is 23.3 Å². The van der Waals surface area contributed by atoms with Crippen molar-refractivity contribution in [2.45, 2.75) is 26.4 Å². The van der Waals surface area contributed by atoms with Crippen molar-refractivity contribution in [3.63, 3.8) is 0 Å². The molecule has 0 fully saturated rings. The van der Waals surface area contributed by atoms with Crippen LogP contribution in [0, 0.1) is 23.3 Å². The second-order valence-electron chi connectivity index (χ2n) is 6.69. The van der Waals surface area contributed by atoms with Gasteiger partial charge in [0.1, 0.15) is 5.60 Å². The molecule has 142 valence electrons. The summed E-state index contributed by atoms with van der Waals surface area (Å²) in [6, 6.07) is 8.49. The molecule has 0 aromatic heterocycles. The summed E-state index contributed by atoms with van der Waals surface area (Å²) in [4.78, 5) is 11.6. The first-order chi connectivity index (χ1) is 12.6. The van der Waals surface area contributed by atoms with E-state index in [9.17, 15) is 22.4 Å². The number of carbonyl (C=O) groups excluding carboxylic acids is 1. The fourth-order valence-corrected chi connectivity index (χ4v) is 2.19. The van der Waals surface area contributed by atoms with Crippen molar-refractivity contribution in [3.8, 4) is 0 Å². The van der Waals surface area contributed by atoms with Crippen LogP contribution in [0.1, 0.15) is 37.5 Å². The molecule has 2 nitrogen and oxygen atoms in total. The molecule has 0 amide bonds. The first kappa shape index (κ1) is 20.4. The van der Waals surface area contributed by atoms with Gasteiger partial charge in [0.05, 0.1) is 11.1 Å². The molecule has 0 aliphatic carbocycles. The van der Waals surface area contributed by atoms with E-state index in [1.54, 1.807) is 51.1 Å². The Kier molecular flexibility index (Phi) is 6.20. The summed E-state index contributed by atoms with van der Waals surface area (Å²) in [5.41, 5.74) is -2.05. The zero-order valence-electron chi connectivity index (χ0n) is 15.0. The van der Waals surface area contributed by atoms with E-state index in [2.05, 4.69) is 0 Å². The van der Waals surface area contributed by atoms with E-state index in [4.69, 9.17) is 4.74 Å². The van der Waals surface area contributed by atoms with E-state index in [-0.39, 0.29) is 0 Å². The molecule has 0 aliphatic rings. The van der Waals surface area contributed by atoms with E-state index >= 15 is 0 Å². The van der Waals surface area contributed by atoms with Gasteiger partial charge in [0.25, 0.3) is 0 Å². The third-order valence-electron chi connectivity index (χ3n) is 3.37. The van der Waals surface area contributed by atoms with Gasteiger partial charge >= 0.3 is 5.97 Å². The minimum absolute atomic E-state index is 0.603. The second kappa shape index (κ2) is 8.20. The molecule has 2 aromatic rings. The number of ether oxygens (including phenoxy) is 1. The molecule has 2 rings (SSSR count). The maximum absolute atomic E-state index is 14.2. The molecular weight excluding hydrogens is 360 g/mol. The van der Waals surface area contributed by atoms with Crippen LogP contribution in [0.25, 0.3) is 18.2 Å². The number of carbonyl (C=O) groups is 1. The highest BCUT2D eigenvalue weighted by Gasteiger charge is 2.23. The predicted molar refractivity (Wildman–Crippen MR) is 96.5 cm³/mol. The quantitative estimate of drug-likeness (QED) is 0.222. The molecule has 0 spiro atoms. The van der Waals surface area contributed by atoms with Crippen LogP contribution in [-0.4, -0.2) is 11.6 Å². The van der Waals surface area contributed by atoms with Gasteiger partial charge in [-0.25, -0.2) is 22.4 Å². The van der Waals surface area contributed by atoms with Gasteiger partial charge in [0.2, 0.25) is 0 Å². The van der Waals surface area contributed by atoms with Crippen LogP contribution in [0.4, 0.5) is 17.6 Å². The Morgan fingerprint density at radius 2 is 1.30 bits per heavy atom. The van der Waals surface area contributed by atoms with Gasteiger partial charge in [-0.1, -0.05) is 36.4 Å². The molecule has 0 heterocycles. The van der Waals surface area contributed by atoms with Crippen molar-refractivity contribution < 1.29 is 27.1 Å². The van der Waals surface area contributed by atoms with Crippen molar-refractivity contribution in [1.29, 1.82) is 0 Å². The molecule has 6 heteroatoms. The fraction of sp³-hybridized carbons (Fsp3) is 0.190. The number of hydrogen-bond donors (Lipinski definition) is 0. The lowest BCUT2D eigenvalue weighted by Gasteiger charge is -2.17. The Bertz CT molecular complexity index is 866. The summed E-state index contributed by atoms with van der Waals surface area (Å²) in [6.45, 7) is 4.81. The normalized spacial score (nSPS) is 12.1. The Morgan fingerprint density at radius 1 is 0.815 bits per heavy atom. The third kappa shape index (κ3) is 5.29. The molecule has 0 radical (unpaired) electrons. The summed E-state index contributed by atoms with van der Waals surface area (Å²) in [6.07, 6.45) is 3.64. The lowest BCUT2D eigenvalue weighted by molar-refractivity contribution is -0.148. The molecule has 0 N–H and O–H groups in total. The number of halogens is 4. The minimum atomic E-state index is -1.60. The number of hydrogen-bond acceptors (Lipinski definition) is 2. The SMILES string of the molecule is CC(C)(C)OC(=O)/C=C/c1c(F)c(F)c(/C=C/c2ccccc2)c(F)c1F. The van der Waals surface area contributed by atoms with Gasteiger partial charge in [0, 0.05) is 6.08 Å². The van der Waals surface area contributed by atoms with Crippen LogP contribution >= 0.6 is 0 Å². The van der Waals surface area contributed by atoms with Crippen LogP contribution in [-0.2, 0) is 9.53 Å². The summed E-state index contributed by atoms with van der Waals surface area (Å²) in [7, 11) is 0. The summed E-state index contributed by atoms with van der Waals surface area (Å²) in [5, 5.41) is 0. The number of benzene rings is 2. The Labute approximate surface area is 154 Å². The van der Waals surface area contributed by atoms with Crippen molar-refractivity contribution in [2.75, 3.05) is 0 Å². The highest BCUT2D eigenvalue weighted by atomic mass is 19.2. The van der Waals surface area contributed by atoms with E-state index in [0.29, 0.717) is 17.7 Å². The van der Waals surface area contributed by atoms with Gasteiger partial charge < -0.3 is 4.74 Å². The molecule has 0 atom stereocenters. The van der Waals surface area contributed by atoms with Crippen LogP contribution in [0.15, 0.2) is 36.4 Å². The van der Waals surface area contributed by atoms with E-state index < -0.39 is 46.0 Å². The van der Waals surface area contributed by atoms with Crippen molar-refractivity contribution in [2.24, 2.45) is 0 Å². The van der Waals surface area contributed by atoms with Crippen molar-refractivity contribution >= 4 is 24.2 Å². The number of rotatable bonds is 4. The lowest BCUT2D eigenvalue weighted by Crippen LogP contribution is -2.22. The number of esters is 1. The molecule has 2 aromatic carbocycles. The Morgan fingerprint density at radius 3 is 1.78 bits per heavy atom. The van der Waals surface area contributed by atoms with Crippen LogP contribution in [0.3, 0.4) is 0 Å². The molecule has 27 heavy (non-hydrogen) atoms. The zero-order chi connectivity index (χ0) is 20.2. The molecule has 0 saturated carbocycles. The summed E-state index contributed by atoms with van der Waals surface area (Å²) in [5.74, 6) is -7.19. The van der Waals surface area contributed by atoms with Gasteiger partial charge in [-0.2, -0.15) is 0 Å². The van der Waals surface area contributed by atoms with Crippen LogP contribution in [0.2, 0.25) is 0 Å². The molecule has 0 saturated heterocycles. The van der Waals surface area contributed by atoms with E-state index in [1.807, 2.05) is 0 Å². The van der Waals surface area contributed by atoms with Crippen LogP contribution < -0.4 is 0 Å². The Hall–Kier alpha value is -2.89. The zero-order valence-corrected chi connectivity index (χ0v) is 15.0. The topological polar surface area (TPSA) is 26.3 Å². The monoisotopic (exact) mass is 378 g/mol. The first-order valence-electron chi connectivity index (χ1n) is 8.10. The fourth-order valence-electron chi connectivity index (χ4n) is 2.19. The molecule has 0 aliphatic heterocycles. The highest BCUT2D eigenvalue weighted by Crippen LogP contribution is 2.27. The first-order valence-corrected chi connectivity index (χ1v) is 8.10. The minimum Gasteiger partial charge on any atom is -0.457 e. The average Bonchev–Trinajstić information content (AvgIpc) is 2.59. The second-order valence-corrected chi connectivity index (χ2v) is 6.69. The predicted octanol–water partition coefficient (Wildman–Crippen LogP) is 5.77. The maximum atomic E-state index is 14.2. The van der Waals surface area contributed by atoms with E-state index in [0.717, 1.165) is 6.08 Å². The Balaban J connectivity index is 2.38. The van der Waals surface area contributed by atoms with Crippen LogP contribution in [0.5, 0.6) is 0 Å². The smallest absolute Gasteiger partial charge is 0.331 e. The molecular formula is C21H18F4O2. The van der Waals surface area contributed by atoms with Gasteiger partial charge in [-0.3, -0.25) is 0 Å². The standard InChI is InChI=1S/C21H18F4O2/c1-21(2,3)27-16(26)12-11-15-19(24)17(22)14(18(23)20(15)25)10-9-13-7-5-4-6-8-13/h4-12H,1-3H3/b10-9+,12-11+. The lowest BCUT2D eigenvalue weighted by atomic mass is 10.1. The summed E-state index contributed by atoms with van der Waals surface area (Å²) < 4.78 is 61.8. The van der Waals surface area contributed by atoms with Crippen molar-refractivity contribution in [1.82, 2.24) is 0 Å². The summed E-state index contributed by atoms with van der Waals surface area (Å²) >= 11 is 0. The van der Waals surface area contributed by atoms with Gasteiger partial charge in [-0.05, 0) is 38.5 Å². The maximum Gasteiger partial charge on any atom is 0.331 e. The largest absolute Gasteiger partial charge is 0.457 e. The average molecular weight is 378 g/mol. The van der Waals surface area contributed by atoms with E-state index in [1.165, 1.54) is 6.08 Å². The highest BCUT2D eigenvalue weighted by molar-refractivity contribution is 5.87. The molecule has 0 bridgehead atoms.